The Morgan fingerprint density at radius 1 is 1.03 bits per heavy atom. The van der Waals surface area contributed by atoms with Gasteiger partial charge in [0.15, 0.2) is 5.78 Å². The summed E-state index contributed by atoms with van der Waals surface area (Å²) >= 11 is 0. The van der Waals surface area contributed by atoms with E-state index < -0.39 is 17.4 Å². The van der Waals surface area contributed by atoms with E-state index in [0.717, 1.165) is 11.3 Å². The first kappa shape index (κ1) is 22.6. The van der Waals surface area contributed by atoms with Crippen molar-refractivity contribution < 1.29 is 24.2 Å². The molecule has 0 aromatic heterocycles. The SMILES string of the molecule is COc1ccc(NC2=C(C(C)=O)[C@H](c3cccc(OC)c3)[C@@H](C(C)=O)[C@@](C)(O)C2)cc1. The molecular formula is C25H29NO5. The molecule has 0 unspecified atom stereocenters. The lowest BCUT2D eigenvalue weighted by atomic mass is 9.64. The molecule has 0 bridgehead atoms. The highest BCUT2D eigenvalue weighted by Crippen LogP contribution is 2.48. The van der Waals surface area contributed by atoms with E-state index in [0.29, 0.717) is 22.8 Å². The van der Waals surface area contributed by atoms with E-state index in [1.165, 1.54) is 13.8 Å². The fourth-order valence-corrected chi connectivity index (χ4v) is 4.53. The first-order valence-corrected chi connectivity index (χ1v) is 10.2. The maximum absolute atomic E-state index is 12.9. The lowest BCUT2D eigenvalue weighted by Crippen LogP contribution is -2.48. The number of hydrogen-bond donors (Lipinski definition) is 2. The smallest absolute Gasteiger partial charge is 0.158 e. The number of aliphatic hydroxyl groups is 1. The lowest BCUT2D eigenvalue weighted by molar-refractivity contribution is -0.131. The van der Waals surface area contributed by atoms with Crippen molar-refractivity contribution in [2.45, 2.75) is 38.7 Å². The minimum absolute atomic E-state index is 0.148. The second-order valence-corrected chi connectivity index (χ2v) is 8.18. The number of allylic oxidation sites excluding steroid dienone is 1. The predicted octanol–water partition coefficient (Wildman–Crippen LogP) is 4.10. The molecule has 0 saturated heterocycles. The van der Waals surface area contributed by atoms with Gasteiger partial charge in [0.25, 0.3) is 0 Å². The number of hydrogen-bond acceptors (Lipinski definition) is 6. The van der Waals surface area contributed by atoms with Crippen LogP contribution in [0.1, 0.15) is 38.7 Å². The molecule has 0 spiro atoms. The zero-order chi connectivity index (χ0) is 22.8. The molecule has 2 aromatic carbocycles. The van der Waals surface area contributed by atoms with Gasteiger partial charge in [-0.15, -0.1) is 0 Å². The molecule has 0 aliphatic heterocycles. The molecule has 0 fully saturated rings. The molecule has 3 atom stereocenters. The summed E-state index contributed by atoms with van der Waals surface area (Å²) in [6.07, 6.45) is 0.151. The van der Waals surface area contributed by atoms with E-state index in [1.54, 1.807) is 27.2 Å². The van der Waals surface area contributed by atoms with Gasteiger partial charge < -0.3 is 19.9 Å². The summed E-state index contributed by atoms with van der Waals surface area (Å²) in [6.45, 7) is 4.61. The third-order valence-electron chi connectivity index (χ3n) is 5.83. The summed E-state index contributed by atoms with van der Waals surface area (Å²) in [7, 11) is 3.16. The van der Waals surface area contributed by atoms with Gasteiger partial charge in [-0.25, -0.2) is 0 Å². The number of methoxy groups -OCH3 is 2. The van der Waals surface area contributed by atoms with E-state index in [9.17, 15) is 14.7 Å². The van der Waals surface area contributed by atoms with Gasteiger partial charge in [0, 0.05) is 29.3 Å². The summed E-state index contributed by atoms with van der Waals surface area (Å²) in [5.74, 6) is -0.342. The molecule has 164 valence electrons. The number of ketones is 2. The Hall–Kier alpha value is -3.12. The van der Waals surface area contributed by atoms with Crippen molar-refractivity contribution in [2.75, 3.05) is 19.5 Å². The maximum atomic E-state index is 12.9. The fourth-order valence-electron chi connectivity index (χ4n) is 4.53. The minimum Gasteiger partial charge on any atom is -0.497 e. The summed E-state index contributed by atoms with van der Waals surface area (Å²) < 4.78 is 10.6. The molecule has 1 aliphatic rings. The first-order valence-electron chi connectivity index (χ1n) is 10.2. The third kappa shape index (κ3) is 4.64. The summed E-state index contributed by atoms with van der Waals surface area (Å²) in [5.41, 5.74) is 1.27. The number of nitrogens with one attached hydrogen (secondary N) is 1. The Balaban J connectivity index is 2.18. The van der Waals surface area contributed by atoms with Crippen LogP contribution in [-0.4, -0.2) is 36.5 Å². The second-order valence-electron chi connectivity index (χ2n) is 8.18. The van der Waals surface area contributed by atoms with E-state index in [-0.39, 0.29) is 18.0 Å². The maximum Gasteiger partial charge on any atom is 0.158 e. The third-order valence-corrected chi connectivity index (χ3v) is 5.83. The van der Waals surface area contributed by atoms with Crippen LogP contribution in [-0.2, 0) is 9.59 Å². The lowest BCUT2D eigenvalue weighted by Gasteiger charge is -2.43. The molecule has 0 saturated carbocycles. The number of carbonyl (C=O) groups is 2. The average Bonchev–Trinajstić information content (AvgIpc) is 2.72. The van der Waals surface area contributed by atoms with Gasteiger partial charge in [-0.2, -0.15) is 0 Å². The zero-order valence-corrected chi connectivity index (χ0v) is 18.6. The summed E-state index contributed by atoms with van der Waals surface area (Å²) in [5, 5.41) is 14.6. The molecule has 3 rings (SSSR count). The summed E-state index contributed by atoms with van der Waals surface area (Å²) in [6, 6.07) is 14.6. The molecule has 1 aliphatic carbocycles. The van der Waals surface area contributed by atoms with E-state index in [2.05, 4.69) is 5.32 Å². The minimum atomic E-state index is -1.34. The second kappa shape index (κ2) is 8.94. The molecule has 2 aromatic rings. The van der Waals surface area contributed by atoms with Crippen LogP contribution in [0.4, 0.5) is 5.69 Å². The molecule has 6 heteroatoms. The van der Waals surface area contributed by atoms with Crippen molar-refractivity contribution >= 4 is 17.3 Å². The highest BCUT2D eigenvalue weighted by molar-refractivity contribution is 5.98. The molecule has 0 heterocycles. The largest absolute Gasteiger partial charge is 0.497 e. The number of rotatable bonds is 7. The fraction of sp³-hybridized carbons (Fsp3) is 0.360. The topological polar surface area (TPSA) is 84.9 Å². The molecule has 6 nitrogen and oxygen atoms in total. The van der Waals surface area contributed by atoms with Crippen LogP contribution in [0.5, 0.6) is 11.5 Å². The Bertz CT molecular complexity index is 1010. The van der Waals surface area contributed by atoms with Crippen LogP contribution < -0.4 is 14.8 Å². The van der Waals surface area contributed by atoms with Crippen LogP contribution >= 0.6 is 0 Å². The predicted molar refractivity (Wildman–Crippen MR) is 119 cm³/mol. The average molecular weight is 424 g/mol. The number of benzene rings is 2. The Morgan fingerprint density at radius 2 is 1.68 bits per heavy atom. The monoisotopic (exact) mass is 423 g/mol. The van der Waals surface area contributed by atoms with Crippen molar-refractivity contribution in [3.63, 3.8) is 0 Å². The van der Waals surface area contributed by atoms with Crippen LogP contribution in [0, 0.1) is 5.92 Å². The van der Waals surface area contributed by atoms with Gasteiger partial charge in [0.05, 0.1) is 25.7 Å². The van der Waals surface area contributed by atoms with Crippen LogP contribution in [0.2, 0.25) is 0 Å². The molecule has 2 N–H and O–H groups in total. The van der Waals surface area contributed by atoms with Crippen molar-refractivity contribution in [1.29, 1.82) is 0 Å². The van der Waals surface area contributed by atoms with Crippen molar-refractivity contribution in [3.8, 4) is 11.5 Å². The Morgan fingerprint density at radius 3 is 2.23 bits per heavy atom. The Kier molecular flexibility index (Phi) is 6.51. The quantitative estimate of drug-likeness (QED) is 0.697. The zero-order valence-electron chi connectivity index (χ0n) is 18.6. The van der Waals surface area contributed by atoms with Gasteiger partial charge in [-0.05, 0) is 62.7 Å². The molecule has 0 radical (unpaired) electrons. The highest BCUT2D eigenvalue weighted by atomic mass is 16.5. The normalized spacial score (nSPS) is 23.3. The van der Waals surface area contributed by atoms with Gasteiger partial charge in [-0.3, -0.25) is 9.59 Å². The van der Waals surface area contributed by atoms with E-state index >= 15 is 0 Å². The Labute approximate surface area is 182 Å². The number of carbonyl (C=O) groups excluding carboxylic acids is 2. The van der Waals surface area contributed by atoms with E-state index in [1.807, 2.05) is 42.5 Å². The van der Waals surface area contributed by atoms with Gasteiger partial charge in [0.1, 0.15) is 17.3 Å². The van der Waals surface area contributed by atoms with Gasteiger partial charge in [-0.1, -0.05) is 12.1 Å². The van der Waals surface area contributed by atoms with Crippen LogP contribution in [0.3, 0.4) is 0 Å². The molecule has 0 amide bonds. The van der Waals surface area contributed by atoms with Crippen molar-refractivity contribution in [1.82, 2.24) is 0 Å². The number of ether oxygens (including phenoxy) is 2. The van der Waals surface area contributed by atoms with Crippen LogP contribution in [0.15, 0.2) is 59.8 Å². The number of Topliss-reactive ketones (excluding diaryl/α,β-unsaturated/α-hetero) is 2. The standard InChI is InChI=1S/C25H29NO5/c1-15(27)22-21(26-18-9-11-19(30-4)12-10-18)14-25(3,29)24(16(2)28)23(22)17-7-6-8-20(13-17)31-5/h6-13,23-24,26,29H,14H2,1-5H3/t23-,24+,25-/m0/s1. The summed E-state index contributed by atoms with van der Waals surface area (Å²) in [4.78, 5) is 25.6. The molecule has 31 heavy (non-hydrogen) atoms. The number of anilines is 1. The van der Waals surface area contributed by atoms with Gasteiger partial charge >= 0.3 is 0 Å². The van der Waals surface area contributed by atoms with Crippen molar-refractivity contribution in [2.24, 2.45) is 5.92 Å². The van der Waals surface area contributed by atoms with Crippen molar-refractivity contribution in [3.05, 3.63) is 65.4 Å². The first-order chi connectivity index (χ1) is 14.7. The molecular weight excluding hydrogens is 394 g/mol. The van der Waals surface area contributed by atoms with Gasteiger partial charge in [0.2, 0.25) is 0 Å². The van der Waals surface area contributed by atoms with E-state index in [4.69, 9.17) is 9.47 Å². The van der Waals surface area contributed by atoms with Crippen LogP contribution in [0.25, 0.3) is 0 Å². The highest BCUT2D eigenvalue weighted by Gasteiger charge is 2.49.